The van der Waals surface area contributed by atoms with E-state index in [-0.39, 0.29) is 6.61 Å². The molecule has 0 radical (unpaired) electrons. The summed E-state index contributed by atoms with van der Waals surface area (Å²) in [6.45, 7) is 2.59. The van der Waals surface area contributed by atoms with Gasteiger partial charge in [0.25, 0.3) is 0 Å². The van der Waals surface area contributed by atoms with E-state index >= 15 is 0 Å². The Morgan fingerprint density at radius 3 is 3.06 bits per heavy atom. The number of nitriles is 1. The normalized spacial score (nSPS) is 9.88. The summed E-state index contributed by atoms with van der Waals surface area (Å²) in [5, 5.41) is 11.7. The third-order valence-electron chi connectivity index (χ3n) is 2.23. The van der Waals surface area contributed by atoms with Crippen LogP contribution in [0.15, 0.2) is 24.3 Å². The molecule has 0 aliphatic heterocycles. The van der Waals surface area contributed by atoms with Crippen LogP contribution in [0.1, 0.15) is 12.0 Å². The van der Waals surface area contributed by atoms with Gasteiger partial charge in [-0.05, 0) is 30.7 Å². The molecule has 0 spiro atoms. The SMILES string of the molecule is COCCCNCc1cccc(OCC#N)c1. The minimum Gasteiger partial charge on any atom is -0.479 e. The van der Waals surface area contributed by atoms with Gasteiger partial charge in [-0.15, -0.1) is 0 Å². The highest BCUT2D eigenvalue weighted by molar-refractivity contribution is 5.28. The van der Waals surface area contributed by atoms with E-state index in [1.165, 1.54) is 0 Å². The molecular weight excluding hydrogens is 216 g/mol. The van der Waals surface area contributed by atoms with Crippen molar-refractivity contribution in [2.75, 3.05) is 26.9 Å². The third-order valence-corrected chi connectivity index (χ3v) is 2.23. The Balaban J connectivity index is 2.30. The largest absolute Gasteiger partial charge is 0.479 e. The summed E-state index contributed by atoms with van der Waals surface area (Å²) in [4.78, 5) is 0. The number of rotatable bonds is 8. The molecule has 92 valence electrons. The second-order valence-corrected chi connectivity index (χ2v) is 3.62. The first kappa shape index (κ1) is 13.5. The number of nitrogens with zero attached hydrogens (tertiary/aromatic N) is 1. The van der Waals surface area contributed by atoms with Gasteiger partial charge < -0.3 is 14.8 Å². The predicted molar refractivity (Wildman–Crippen MR) is 65.7 cm³/mol. The molecule has 17 heavy (non-hydrogen) atoms. The molecule has 0 heterocycles. The number of ether oxygens (including phenoxy) is 2. The van der Waals surface area contributed by atoms with Crippen molar-refractivity contribution in [3.8, 4) is 11.8 Å². The lowest BCUT2D eigenvalue weighted by atomic mass is 10.2. The number of hydrogen-bond acceptors (Lipinski definition) is 4. The van der Waals surface area contributed by atoms with E-state index in [0.29, 0.717) is 0 Å². The van der Waals surface area contributed by atoms with Gasteiger partial charge in [-0.25, -0.2) is 0 Å². The highest BCUT2D eigenvalue weighted by Crippen LogP contribution is 2.12. The van der Waals surface area contributed by atoms with Gasteiger partial charge in [0.2, 0.25) is 0 Å². The Kier molecular flexibility index (Phi) is 6.80. The molecule has 4 heteroatoms. The van der Waals surface area contributed by atoms with Gasteiger partial charge in [-0.3, -0.25) is 0 Å². The Hall–Kier alpha value is -1.57. The first-order chi connectivity index (χ1) is 8.36. The minimum atomic E-state index is 0.0880. The molecule has 1 aromatic carbocycles. The fraction of sp³-hybridized carbons (Fsp3) is 0.462. The van der Waals surface area contributed by atoms with Gasteiger partial charge in [-0.2, -0.15) is 5.26 Å². The maximum Gasteiger partial charge on any atom is 0.174 e. The molecule has 1 rings (SSSR count). The lowest BCUT2D eigenvalue weighted by Gasteiger charge is -2.06. The topological polar surface area (TPSA) is 54.3 Å². The van der Waals surface area contributed by atoms with Crippen molar-refractivity contribution in [1.29, 1.82) is 5.26 Å². The number of benzene rings is 1. The van der Waals surface area contributed by atoms with Crippen LogP contribution < -0.4 is 10.1 Å². The first-order valence-corrected chi connectivity index (χ1v) is 5.65. The Morgan fingerprint density at radius 2 is 2.29 bits per heavy atom. The van der Waals surface area contributed by atoms with E-state index in [1.807, 2.05) is 30.3 Å². The van der Waals surface area contributed by atoms with Crippen molar-refractivity contribution >= 4 is 0 Å². The highest BCUT2D eigenvalue weighted by atomic mass is 16.5. The zero-order valence-corrected chi connectivity index (χ0v) is 10.1. The van der Waals surface area contributed by atoms with Gasteiger partial charge in [0.05, 0.1) is 0 Å². The Morgan fingerprint density at radius 1 is 1.41 bits per heavy atom. The average Bonchev–Trinajstić information content (AvgIpc) is 2.37. The molecule has 4 nitrogen and oxygen atoms in total. The fourth-order valence-corrected chi connectivity index (χ4v) is 1.44. The summed E-state index contributed by atoms with van der Waals surface area (Å²) in [5.74, 6) is 0.739. The van der Waals surface area contributed by atoms with Crippen molar-refractivity contribution in [3.63, 3.8) is 0 Å². The average molecular weight is 234 g/mol. The van der Waals surface area contributed by atoms with Gasteiger partial charge in [0.1, 0.15) is 11.8 Å². The highest BCUT2D eigenvalue weighted by Gasteiger charge is 1.96. The summed E-state index contributed by atoms with van der Waals surface area (Å²) < 4.78 is 10.2. The van der Waals surface area contributed by atoms with Gasteiger partial charge in [0, 0.05) is 20.3 Å². The first-order valence-electron chi connectivity index (χ1n) is 5.65. The summed E-state index contributed by atoms with van der Waals surface area (Å²) in [5.41, 5.74) is 1.15. The molecule has 0 saturated heterocycles. The fourth-order valence-electron chi connectivity index (χ4n) is 1.44. The summed E-state index contributed by atoms with van der Waals surface area (Å²) in [6, 6.07) is 9.71. The Labute approximate surface area is 102 Å². The van der Waals surface area contributed by atoms with Crippen molar-refractivity contribution in [1.82, 2.24) is 5.32 Å². The van der Waals surface area contributed by atoms with Crippen LogP contribution >= 0.6 is 0 Å². The lowest BCUT2D eigenvalue weighted by Crippen LogP contribution is -2.16. The zero-order chi connectivity index (χ0) is 12.3. The van der Waals surface area contributed by atoms with Crippen LogP contribution in [0.5, 0.6) is 5.75 Å². The van der Waals surface area contributed by atoms with Crippen LogP contribution in [0.3, 0.4) is 0 Å². The second kappa shape index (κ2) is 8.57. The Bertz CT molecular complexity index is 361. The smallest absolute Gasteiger partial charge is 0.174 e. The third kappa shape index (κ3) is 5.91. The molecule has 0 aromatic heterocycles. The van der Waals surface area contributed by atoms with Crippen LogP contribution in [0.25, 0.3) is 0 Å². The van der Waals surface area contributed by atoms with E-state index in [1.54, 1.807) is 7.11 Å². The number of hydrogen-bond donors (Lipinski definition) is 1. The maximum atomic E-state index is 8.42. The van der Waals surface area contributed by atoms with Gasteiger partial charge >= 0.3 is 0 Å². The molecule has 0 unspecified atom stereocenters. The van der Waals surface area contributed by atoms with Crippen molar-refractivity contribution in [3.05, 3.63) is 29.8 Å². The van der Waals surface area contributed by atoms with Crippen LogP contribution in [0.4, 0.5) is 0 Å². The molecule has 1 aromatic rings. The molecule has 0 bridgehead atoms. The number of methoxy groups -OCH3 is 1. The van der Waals surface area contributed by atoms with Crippen molar-refractivity contribution < 1.29 is 9.47 Å². The molecule has 0 saturated carbocycles. The quantitative estimate of drug-likeness (QED) is 0.696. The lowest BCUT2D eigenvalue weighted by molar-refractivity contribution is 0.194. The summed E-state index contributed by atoms with van der Waals surface area (Å²) in [7, 11) is 1.70. The zero-order valence-electron chi connectivity index (χ0n) is 10.1. The van der Waals surface area contributed by atoms with E-state index < -0.39 is 0 Å². The molecule has 0 atom stereocenters. The maximum absolute atomic E-state index is 8.42. The number of nitrogens with one attached hydrogen (secondary N) is 1. The molecule has 0 aliphatic rings. The van der Waals surface area contributed by atoms with E-state index in [0.717, 1.165) is 37.4 Å². The van der Waals surface area contributed by atoms with E-state index in [4.69, 9.17) is 14.7 Å². The van der Waals surface area contributed by atoms with E-state index in [2.05, 4.69) is 5.32 Å². The van der Waals surface area contributed by atoms with E-state index in [9.17, 15) is 0 Å². The molecule has 0 amide bonds. The van der Waals surface area contributed by atoms with Crippen LogP contribution in [0.2, 0.25) is 0 Å². The van der Waals surface area contributed by atoms with Gasteiger partial charge in [-0.1, -0.05) is 12.1 Å². The second-order valence-electron chi connectivity index (χ2n) is 3.62. The van der Waals surface area contributed by atoms with Gasteiger partial charge in [0.15, 0.2) is 6.61 Å². The van der Waals surface area contributed by atoms with Crippen LogP contribution in [-0.2, 0) is 11.3 Å². The standard InChI is InChI=1S/C13H18N2O2/c1-16-8-3-7-15-11-12-4-2-5-13(10-12)17-9-6-14/h2,4-5,10,15H,3,7-9,11H2,1H3. The minimum absolute atomic E-state index is 0.0880. The van der Waals surface area contributed by atoms with Crippen molar-refractivity contribution in [2.45, 2.75) is 13.0 Å². The van der Waals surface area contributed by atoms with Crippen molar-refractivity contribution in [2.24, 2.45) is 0 Å². The van der Waals surface area contributed by atoms with Crippen LogP contribution in [-0.4, -0.2) is 26.9 Å². The predicted octanol–water partition coefficient (Wildman–Crippen LogP) is 1.72. The monoisotopic (exact) mass is 234 g/mol. The summed E-state index contributed by atoms with van der Waals surface area (Å²) >= 11 is 0. The molecule has 0 aliphatic carbocycles. The molecule has 0 fully saturated rings. The summed E-state index contributed by atoms with van der Waals surface area (Å²) in [6.07, 6.45) is 1.00. The molecular formula is C13H18N2O2. The van der Waals surface area contributed by atoms with Crippen LogP contribution in [0, 0.1) is 11.3 Å². The molecule has 1 N–H and O–H groups in total.